The van der Waals surface area contributed by atoms with Crippen molar-refractivity contribution in [3.05, 3.63) is 53.3 Å². The summed E-state index contributed by atoms with van der Waals surface area (Å²) in [6.45, 7) is 1.59. The fourth-order valence-electron chi connectivity index (χ4n) is 4.32. The van der Waals surface area contributed by atoms with E-state index in [1.54, 1.807) is 23.1 Å². The molecule has 2 heterocycles. The quantitative estimate of drug-likeness (QED) is 0.744. The van der Waals surface area contributed by atoms with Crippen molar-refractivity contribution in [2.24, 2.45) is 22.1 Å². The normalized spacial score (nSPS) is 25.5. The molecule has 1 aliphatic carbocycles. The van der Waals surface area contributed by atoms with Crippen molar-refractivity contribution in [1.29, 1.82) is 5.26 Å². The van der Waals surface area contributed by atoms with Crippen molar-refractivity contribution in [2.75, 3.05) is 19.6 Å². The van der Waals surface area contributed by atoms with E-state index >= 15 is 0 Å². The summed E-state index contributed by atoms with van der Waals surface area (Å²) in [6.07, 6.45) is 1.73. The van der Waals surface area contributed by atoms with E-state index in [0.717, 1.165) is 12.1 Å². The molecule has 30 heavy (non-hydrogen) atoms. The fraction of sp³-hybridized carbons (Fsp3) is 0.429. The molecule has 1 aromatic rings. The van der Waals surface area contributed by atoms with Gasteiger partial charge >= 0.3 is 6.18 Å². The van der Waals surface area contributed by atoms with E-state index in [9.17, 15) is 18.0 Å². The standard InChI is InChI=1S/C21H19F3N4O2/c22-21(23,24)18-9-16(5-4-13(18)10-25)30-17-7-14-11-28(12-15(14)8-17)20(29)19-3-1-2-6-26-27-19/h1-5,9,14-15,17H,6-8,11-12H2. The molecule has 0 spiro atoms. The number of rotatable bonds is 3. The van der Waals surface area contributed by atoms with Crippen molar-refractivity contribution in [3.8, 4) is 11.8 Å². The molecule has 2 fully saturated rings. The summed E-state index contributed by atoms with van der Waals surface area (Å²) in [7, 11) is 0. The lowest BCUT2D eigenvalue weighted by atomic mass is 10.0. The Kier molecular flexibility index (Phi) is 5.33. The molecule has 0 aromatic heterocycles. The van der Waals surface area contributed by atoms with E-state index in [1.807, 2.05) is 6.08 Å². The van der Waals surface area contributed by atoms with Crippen molar-refractivity contribution >= 4 is 5.91 Å². The molecular weight excluding hydrogens is 397 g/mol. The number of allylic oxidation sites excluding steroid dienone is 2. The van der Waals surface area contributed by atoms with Crippen LogP contribution in [0.4, 0.5) is 13.2 Å². The first-order valence-corrected chi connectivity index (χ1v) is 9.66. The Morgan fingerprint density at radius 2 is 1.97 bits per heavy atom. The number of fused-ring (bicyclic) bond motifs is 1. The zero-order valence-corrected chi connectivity index (χ0v) is 16.0. The third-order valence-electron chi connectivity index (χ3n) is 5.69. The first-order chi connectivity index (χ1) is 14.3. The second-order valence-electron chi connectivity index (χ2n) is 7.66. The van der Waals surface area contributed by atoms with Gasteiger partial charge in [0.05, 0.1) is 29.8 Å². The Morgan fingerprint density at radius 3 is 2.63 bits per heavy atom. The smallest absolute Gasteiger partial charge is 0.417 e. The Balaban J connectivity index is 1.38. The minimum absolute atomic E-state index is 0.107. The predicted octanol–water partition coefficient (Wildman–Crippen LogP) is 4.10. The molecule has 1 aromatic carbocycles. The highest BCUT2D eigenvalue weighted by Crippen LogP contribution is 2.41. The van der Waals surface area contributed by atoms with Crippen LogP contribution in [0, 0.1) is 23.2 Å². The van der Waals surface area contributed by atoms with Crippen molar-refractivity contribution in [2.45, 2.75) is 25.1 Å². The summed E-state index contributed by atoms with van der Waals surface area (Å²) in [5.41, 5.74) is -1.10. The van der Waals surface area contributed by atoms with Crippen LogP contribution in [0.2, 0.25) is 0 Å². The number of nitrogens with zero attached hydrogens (tertiary/aromatic N) is 4. The van der Waals surface area contributed by atoms with Gasteiger partial charge in [0.15, 0.2) is 5.70 Å². The molecule has 1 amide bonds. The second-order valence-corrected chi connectivity index (χ2v) is 7.66. The van der Waals surface area contributed by atoms with Gasteiger partial charge in [-0.15, -0.1) is 5.11 Å². The monoisotopic (exact) mass is 416 g/mol. The molecule has 2 aliphatic heterocycles. The molecule has 2 unspecified atom stereocenters. The third-order valence-corrected chi connectivity index (χ3v) is 5.69. The molecule has 3 aliphatic rings. The summed E-state index contributed by atoms with van der Waals surface area (Å²) in [5, 5.41) is 16.8. The van der Waals surface area contributed by atoms with E-state index in [2.05, 4.69) is 10.2 Å². The van der Waals surface area contributed by atoms with Crippen LogP contribution in [0.3, 0.4) is 0 Å². The van der Waals surface area contributed by atoms with E-state index in [-0.39, 0.29) is 29.6 Å². The average Bonchev–Trinajstić information content (AvgIpc) is 3.13. The van der Waals surface area contributed by atoms with Gasteiger partial charge in [0.25, 0.3) is 5.91 Å². The number of nitriles is 1. The molecule has 1 saturated heterocycles. The van der Waals surface area contributed by atoms with Gasteiger partial charge in [-0.05, 0) is 49.0 Å². The number of hydrogen-bond acceptors (Lipinski definition) is 5. The molecular formula is C21H19F3N4O2. The van der Waals surface area contributed by atoms with Crippen LogP contribution in [0.25, 0.3) is 0 Å². The van der Waals surface area contributed by atoms with E-state index < -0.39 is 17.3 Å². The maximum atomic E-state index is 13.1. The van der Waals surface area contributed by atoms with Crippen LogP contribution in [-0.4, -0.2) is 36.5 Å². The average molecular weight is 416 g/mol. The minimum atomic E-state index is -4.61. The van der Waals surface area contributed by atoms with Crippen LogP contribution in [0.1, 0.15) is 24.0 Å². The maximum Gasteiger partial charge on any atom is 0.417 e. The second kappa shape index (κ2) is 7.94. The number of ether oxygens (including phenoxy) is 1. The SMILES string of the molecule is N#Cc1ccc(OC2CC3CN(C(=O)C4=CC=CCN=N4)CC3C2)cc1C(F)(F)F. The number of alkyl halides is 3. The van der Waals surface area contributed by atoms with Crippen molar-refractivity contribution in [1.82, 2.24) is 4.90 Å². The van der Waals surface area contributed by atoms with Gasteiger partial charge in [-0.2, -0.15) is 23.5 Å². The predicted molar refractivity (Wildman–Crippen MR) is 100 cm³/mol. The van der Waals surface area contributed by atoms with Crippen molar-refractivity contribution < 1.29 is 22.7 Å². The van der Waals surface area contributed by atoms with Gasteiger partial charge in [-0.3, -0.25) is 4.79 Å². The third kappa shape index (κ3) is 4.08. The maximum absolute atomic E-state index is 13.1. The number of azo groups is 1. The topological polar surface area (TPSA) is 78.0 Å². The van der Waals surface area contributed by atoms with Crippen LogP contribution < -0.4 is 4.74 Å². The fourth-order valence-corrected chi connectivity index (χ4v) is 4.32. The van der Waals surface area contributed by atoms with E-state index in [1.165, 1.54) is 6.07 Å². The molecule has 1 saturated carbocycles. The van der Waals surface area contributed by atoms with Gasteiger partial charge < -0.3 is 9.64 Å². The first kappa shape index (κ1) is 20.1. The van der Waals surface area contributed by atoms with Crippen LogP contribution >= 0.6 is 0 Å². The van der Waals surface area contributed by atoms with E-state index in [0.29, 0.717) is 38.2 Å². The number of amides is 1. The summed E-state index contributed by atoms with van der Waals surface area (Å²) in [5.74, 6) is 0.422. The van der Waals surface area contributed by atoms with Crippen molar-refractivity contribution in [3.63, 3.8) is 0 Å². The van der Waals surface area contributed by atoms with Gasteiger partial charge in [-0.1, -0.05) is 12.2 Å². The molecule has 4 rings (SSSR count). The summed E-state index contributed by atoms with van der Waals surface area (Å²) < 4.78 is 45.3. The summed E-state index contributed by atoms with van der Waals surface area (Å²) in [6, 6.07) is 4.99. The molecule has 0 radical (unpaired) electrons. The Bertz CT molecular complexity index is 963. The molecule has 0 bridgehead atoms. The zero-order chi connectivity index (χ0) is 21.3. The number of hydrogen-bond donors (Lipinski definition) is 0. The molecule has 0 N–H and O–H groups in total. The van der Waals surface area contributed by atoms with Gasteiger partial charge in [0, 0.05) is 13.1 Å². The van der Waals surface area contributed by atoms with Crippen LogP contribution in [-0.2, 0) is 11.0 Å². The Hall–Kier alpha value is -3.15. The van der Waals surface area contributed by atoms with Crippen LogP contribution in [0.15, 0.2) is 52.4 Å². The lowest BCUT2D eigenvalue weighted by Crippen LogP contribution is -2.31. The van der Waals surface area contributed by atoms with Gasteiger partial charge in [-0.25, -0.2) is 0 Å². The number of carbonyl (C=O) groups excluding carboxylic acids is 1. The summed E-state index contributed by atoms with van der Waals surface area (Å²) >= 11 is 0. The van der Waals surface area contributed by atoms with Gasteiger partial charge in [0.2, 0.25) is 0 Å². The number of halogens is 3. The molecule has 156 valence electrons. The highest BCUT2D eigenvalue weighted by molar-refractivity contribution is 5.93. The van der Waals surface area contributed by atoms with Crippen LogP contribution in [0.5, 0.6) is 5.75 Å². The highest BCUT2D eigenvalue weighted by atomic mass is 19.4. The molecule has 2 atom stereocenters. The lowest BCUT2D eigenvalue weighted by molar-refractivity contribution is -0.138. The zero-order valence-electron chi connectivity index (χ0n) is 16.0. The largest absolute Gasteiger partial charge is 0.490 e. The van der Waals surface area contributed by atoms with Gasteiger partial charge in [0.1, 0.15) is 5.75 Å². The number of carbonyl (C=O) groups is 1. The lowest BCUT2D eigenvalue weighted by Gasteiger charge is -2.20. The number of likely N-dealkylation sites (tertiary alicyclic amines) is 1. The minimum Gasteiger partial charge on any atom is -0.490 e. The highest BCUT2D eigenvalue weighted by Gasteiger charge is 2.44. The number of benzene rings is 1. The first-order valence-electron chi connectivity index (χ1n) is 9.66. The summed E-state index contributed by atoms with van der Waals surface area (Å²) in [4.78, 5) is 14.4. The Labute approximate surface area is 171 Å². The van der Waals surface area contributed by atoms with E-state index in [4.69, 9.17) is 10.00 Å². The molecule has 6 nitrogen and oxygen atoms in total. The Morgan fingerprint density at radius 1 is 1.23 bits per heavy atom. The molecule has 9 heteroatoms.